The Kier molecular flexibility index (Phi) is 5.08. The van der Waals surface area contributed by atoms with Crippen molar-refractivity contribution in [2.45, 2.75) is 44.7 Å². The summed E-state index contributed by atoms with van der Waals surface area (Å²) in [6.07, 6.45) is 5.85. The molecule has 1 aromatic heterocycles. The number of hydrogen-bond acceptors (Lipinski definition) is 5. The fourth-order valence-electron chi connectivity index (χ4n) is 4.25. The minimum atomic E-state index is 0.302. The lowest BCUT2D eigenvalue weighted by Crippen LogP contribution is -2.47. The maximum absolute atomic E-state index is 12.8. The highest BCUT2D eigenvalue weighted by Gasteiger charge is 2.32. The van der Waals surface area contributed by atoms with Gasteiger partial charge < -0.3 is 9.80 Å². The molecule has 1 amide bonds. The molecule has 2 saturated heterocycles. The quantitative estimate of drug-likeness (QED) is 0.817. The summed E-state index contributed by atoms with van der Waals surface area (Å²) >= 11 is 7.57. The molecule has 132 valence electrons. The Morgan fingerprint density at radius 3 is 2.83 bits per heavy atom. The van der Waals surface area contributed by atoms with Crippen LogP contribution in [0.5, 0.6) is 0 Å². The van der Waals surface area contributed by atoms with Gasteiger partial charge in [-0.1, -0.05) is 11.6 Å². The molecule has 0 spiro atoms. The normalized spacial score (nSPS) is 25.4. The highest BCUT2D eigenvalue weighted by Crippen LogP contribution is 2.28. The summed E-state index contributed by atoms with van der Waals surface area (Å²) in [4.78, 5) is 25.4. The molecule has 1 unspecified atom stereocenters. The highest BCUT2D eigenvalue weighted by molar-refractivity contribution is 7.15. The van der Waals surface area contributed by atoms with Crippen LogP contribution >= 0.6 is 22.9 Å². The maximum atomic E-state index is 12.8. The SMILES string of the molecule is O=C(CN1CCc2nc(Cl)sc2C1)N1CCCC1CN1CCCC1. The molecule has 5 nitrogen and oxygen atoms in total. The van der Waals surface area contributed by atoms with Crippen LogP contribution in [0, 0.1) is 0 Å². The first-order chi connectivity index (χ1) is 11.7. The number of nitrogens with zero attached hydrogens (tertiary/aromatic N) is 4. The molecular weight excluding hydrogens is 344 g/mol. The number of thiazole rings is 1. The van der Waals surface area contributed by atoms with Crippen LogP contribution in [0.1, 0.15) is 36.3 Å². The molecule has 4 heterocycles. The van der Waals surface area contributed by atoms with Crippen LogP contribution in [0.2, 0.25) is 4.47 Å². The van der Waals surface area contributed by atoms with E-state index in [1.807, 2.05) is 0 Å². The summed E-state index contributed by atoms with van der Waals surface area (Å²) in [5, 5.41) is 0. The Morgan fingerprint density at radius 1 is 1.17 bits per heavy atom. The van der Waals surface area contributed by atoms with Gasteiger partial charge in [-0.25, -0.2) is 4.98 Å². The Bertz CT molecular complexity index is 601. The first kappa shape index (κ1) is 16.8. The van der Waals surface area contributed by atoms with Crippen molar-refractivity contribution in [1.82, 2.24) is 19.7 Å². The molecule has 0 N–H and O–H groups in total. The summed E-state index contributed by atoms with van der Waals surface area (Å²) in [6, 6.07) is 0.425. The first-order valence-corrected chi connectivity index (χ1v) is 10.3. The van der Waals surface area contributed by atoms with Crippen LogP contribution in [0.15, 0.2) is 0 Å². The second kappa shape index (κ2) is 7.28. The van der Waals surface area contributed by atoms with E-state index in [4.69, 9.17) is 11.6 Å². The van der Waals surface area contributed by atoms with Gasteiger partial charge in [-0.2, -0.15) is 0 Å². The Morgan fingerprint density at radius 2 is 2.00 bits per heavy atom. The van der Waals surface area contributed by atoms with Gasteiger partial charge in [0.1, 0.15) is 0 Å². The molecule has 2 fully saturated rings. The molecular formula is C17H25ClN4OS. The maximum Gasteiger partial charge on any atom is 0.237 e. The van der Waals surface area contributed by atoms with Gasteiger partial charge in [0.15, 0.2) is 4.47 Å². The molecule has 24 heavy (non-hydrogen) atoms. The number of fused-ring (bicyclic) bond motifs is 1. The van der Waals surface area contributed by atoms with Crippen LogP contribution in [-0.4, -0.2) is 70.9 Å². The highest BCUT2D eigenvalue weighted by atomic mass is 35.5. The topological polar surface area (TPSA) is 39.7 Å². The van der Waals surface area contributed by atoms with E-state index < -0.39 is 0 Å². The van der Waals surface area contributed by atoms with Crippen LogP contribution in [0.4, 0.5) is 0 Å². The van der Waals surface area contributed by atoms with E-state index >= 15 is 0 Å². The zero-order chi connectivity index (χ0) is 16.5. The van der Waals surface area contributed by atoms with Gasteiger partial charge in [-0.05, 0) is 38.8 Å². The molecule has 3 aliphatic heterocycles. The third-order valence-corrected chi connectivity index (χ3v) is 6.69. The van der Waals surface area contributed by atoms with Gasteiger partial charge in [0.25, 0.3) is 0 Å². The second-order valence-corrected chi connectivity index (χ2v) is 8.85. The van der Waals surface area contributed by atoms with E-state index in [0.29, 0.717) is 23.0 Å². The molecule has 7 heteroatoms. The minimum Gasteiger partial charge on any atom is -0.337 e. The number of carbonyl (C=O) groups excluding carboxylic acids is 1. The standard InChI is InChI=1S/C17H25ClN4OS/c18-17-19-14-5-9-21(11-15(14)24-17)12-16(23)22-8-3-4-13(22)10-20-6-1-2-7-20/h13H,1-12H2. The number of aromatic nitrogens is 1. The van der Waals surface area contributed by atoms with Crippen LogP contribution in [0.25, 0.3) is 0 Å². The zero-order valence-corrected chi connectivity index (χ0v) is 15.6. The van der Waals surface area contributed by atoms with Crippen LogP contribution in [-0.2, 0) is 17.8 Å². The molecule has 0 aliphatic carbocycles. The Hall–Kier alpha value is -0.690. The van der Waals surface area contributed by atoms with Gasteiger partial charge in [-0.3, -0.25) is 9.69 Å². The Labute approximate surface area is 152 Å². The third kappa shape index (κ3) is 3.62. The van der Waals surface area contributed by atoms with Gasteiger partial charge in [-0.15, -0.1) is 11.3 Å². The van der Waals surface area contributed by atoms with Crippen LogP contribution < -0.4 is 0 Å². The summed E-state index contributed by atoms with van der Waals surface area (Å²) in [5.41, 5.74) is 1.13. The number of hydrogen-bond donors (Lipinski definition) is 0. The third-order valence-electron chi connectivity index (χ3n) is 5.51. The number of likely N-dealkylation sites (tertiary alicyclic amines) is 2. The van der Waals surface area contributed by atoms with E-state index in [9.17, 15) is 4.79 Å². The van der Waals surface area contributed by atoms with Gasteiger partial charge in [0.2, 0.25) is 5.91 Å². The van der Waals surface area contributed by atoms with Gasteiger partial charge in [0.05, 0.1) is 12.2 Å². The first-order valence-electron chi connectivity index (χ1n) is 9.07. The fourth-order valence-corrected chi connectivity index (χ4v) is 5.50. The summed E-state index contributed by atoms with van der Waals surface area (Å²) in [7, 11) is 0. The van der Waals surface area contributed by atoms with Crippen molar-refractivity contribution in [2.75, 3.05) is 39.3 Å². The minimum absolute atomic E-state index is 0.302. The zero-order valence-electron chi connectivity index (χ0n) is 14.0. The number of rotatable bonds is 4. The molecule has 4 rings (SSSR count). The lowest BCUT2D eigenvalue weighted by molar-refractivity contribution is -0.133. The van der Waals surface area contributed by atoms with Crippen molar-refractivity contribution in [1.29, 1.82) is 0 Å². The molecule has 0 aromatic carbocycles. The summed E-state index contributed by atoms with van der Waals surface area (Å²) in [6.45, 7) is 6.67. The van der Waals surface area contributed by atoms with Crippen molar-refractivity contribution in [3.05, 3.63) is 15.0 Å². The monoisotopic (exact) mass is 368 g/mol. The van der Waals surface area contributed by atoms with E-state index in [-0.39, 0.29) is 0 Å². The lowest BCUT2D eigenvalue weighted by atomic mass is 10.1. The molecule has 3 aliphatic rings. The number of carbonyl (C=O) groups is 1. The predicted octanol–water partition coefficient (Wildman–Crippen LogP) is 2.24. The van der Waals surface area contributed by atoms with Crippen molar-refractivity contribution >= 4 is 28.8 Å². The van der Waals surface area contributed by atoms with Gasteiger partial charge in [0, 0.05) is 43.5 Å². The van der Waals surface area contributed by atoms with E-state index in [1.165, 1.54) is 30.8 Å². The number of amides is 1. The second-order valence-electron chi connectivity index (χ2n) is 7.19. The molecule has 0 radical (unpaired) electrons. The predicted molar refractivity (Wildman–Crippen MR) is 96.5 cm³/mol. The van der Waals surface area contributed by atoms with E-state index in [1.54, 1.807) is 11.3 Å². The van der Waals surface area contributed by atoms with Crippen LogP contribution in [0.3, 0.4) is 0 Å². The largest absolute Gasteiger partial charge is 0.337 e. The average molecular weight is 369 g/mol. The van der Waals surface area contributed by atoms with Crippen molar-refractivity contribution < 1.29 is 4.79 Å². The smallest absolute Gasteiger partial charge is 0.237 e. The fraction of sp³-hybridized carbons (Fsp3) is 0.765. The molecule has 0 bridgehead atoms. The molecule has 1 aromatic rings. The van der Waals surface area contributed by atoms with Crippen molar-refractivity contribution in [3.8, 4) is 0 Å². The lowest BCUT2D eigenvalue weighted by Gasteiger charge is -2.31. The van der Waals surface area contributed by atoms with E-state index in [0.717, 1.165) is 51.1 Å². The Balaban J connectivity index is 1.33. The molecule has 0 saturated carbocycles. The van der Waals surface area contributed by atoms with E-state index in [2.05, 4.69) is 19.7 Å². The summed E-state index contributed by atoms with van der Waals surface area (Å²) < 4.78 is 0.624. The van der Waals surface area contributed by atoms with Crippen molar-refractivity contribution in [3.63, 3.8) is 0 Å². The van der Waals surface area contributed by atoms with Crippen molar-refractivity contribution in [2.24, 2.45) is 0 Å². The molecule has 1 atom stereocenters. The number of halogens is 1. The average Bonchev–Trinajstić information content (AvgIpc) is 3.27. The van der Waals surface area contributed by atoms with Gasteiger partial charge >= 0.3 is 0 Å². The summed E-state index contributed by atoms with van der Waals surface area (Å²) in [5.74, 6) is 0.302.